The molecule has 0 saturated carbocycles. The van der Waals surface area contributed by atoms with Crippen molar-refractivity contribution >= 4 is 33.4 Å². The maximum Gasteiger partial charge on any atom is 0.248 e. The predicted octanol–water partition coefficient (Wildman–Crippen LogP) is 4.67. The van der Waals surface area contributed by atoms with E-state index in [-0.39, 0.29) is 11.7 Å². The monoisotopic (exact) mass is 434 g/mol. The summed E-state index contributed by atoms with van der Waals surface area (Å²) in [6.07, 6.45) is 3.77. The van der Waals surface area contributed by atoms with E-state index in [2.05, 4.69) is 5.32 Å². The van der Waals surface area contributed by atoms with Gasteiger partial charge in [0.05, 0.1) is 11.4 Å². The van der Waals surface area contributed by atoms with Gasteiger partial charge in [-0.3, -0.25) is 9.10 Å². The molecule has 1 fully saturated rings. The number of nitrogens with one attached hydrogen (secondary N) is 1. The number of hydrogen-bond donors (Lipinski definition) is 1. The smallest absolute Gasteiger partial charge is 0.248 e. The van der Waals surface area contributed by atoms with Gasteiger partial charge in [0.1, 0.15) is 11.5 Å². The lowest BCUT2D eigenvalue weighted by molar-refractivity contribution is -0.111. The molecule has 3 aromatic rings. The molecular weight excluding hydrogens is 412 g/mol. The maximum atomic E-state index is 12.2. The van der Waals surface area contributed by atoms with Crippen LogP contribution in [0.15, 0.2) is 84.9 Å². The van der Waals surface area contributed by atoms with Gasteiger partial charge in [0, 0.05) is 18.3 Å². The maximum absolute atomic E-state index is 12.2. The lowest BCUT2D eigenvalue weighted by Gasteiger charge is -2.16. The van der Waals surface area contributed by atoms with Crippen LogP contribution in [-0.4, -0.2) is 26.6 Å². The Morgan fingerprint density at radius 1 is 0.903 bits per heavy atom. The Balaban J connectivity index is 1.33. The molecule has 1 aliphatic rings. The molecule has 0 spiro atoms. The minimum absolute atomic E-state index is 0.189. The fraction of sp³-hybridized carbons (Fsp3) is 0.125. The zero-order valence-electron chi connectivity index (χ0n) is 16.8. The summed E-state index contributed by atoms with van der Waals surface area (Å²) in [4.78, 5) is 12.2. The lowest BCUT2D eigenvalue weighted by atomic mass is 10.2. The second-order valence-corrected chi connectivity index (χ2v) is 9.11. The number of carbonyl (C=O) groups is 1. The standard InChI is InChI=1S/C24H22N2O4S/c27-24(25-20-10-14-23(15-11-20)30-22-5-2-1-3-6-22)16-9-19-7-12-21(13-8-19)26-17-4-18-31(26,28)29/h1-3,5-16H,4,17-18H2,(H,25,27)/b16-9+. The summed E-state index contributed by atoms with van der Waals surface area (Å²) in [5.41, 5.74) is 2.11. The van der Waals surface area contributed by atoms with Gasteiger partial charge in [-0.15, -0.1) is 0 Å². The Kier molecular flexibility index (Phi) is 6.04. The molecule has 0 aromatic heterocycles. The van der Waals surface area contributed by atoms with Gasteiger partial charge in [-0.1, -0.05) is 30.3 Å². The molecular formula is C24H22N2O4S. The molecule has 0 radical (unpaired) electrons. The van der Waals surface area contributed by atoms with Crippen molar-refractivity contribution in [1.29, 1.82) is 0 Å². The van der Waals surface area contributed by atoms with E-state index < -0.39 is 10.0 Å². The van der Waals surface area contributed by atoms with Crippen LogP contribution >= 0.6 is 0 Å². The number of amides is 1. The van der Waals surface area contributed by atoms with Crippen molar-refractivity contribution in [2.24, 2.45) is 0 Å². The summed E-state index contributed by atoms with van der Waals surface area (Å²) in [5, 5.41) is 2.80. The first-order chi connectivity index (χ1) is 15.0. The molecule has 1 saturated heterocycles. The highest BCUT2D eigenvalue weighted by Crippen LogP contribution is 2.25. The van der Waals surface area contributed by atoms with E-state index in [1.165, 1.54) is 10.4 Å². The largest absolute Gasteiger partial charge is 0.457 e. The third kappa shape index (κ3) is 5.32. The fourth-order valence-corrected chi connectivity index (χ4v) is 4.83. The molecule has 158 valence electrons. The second-order valence-electron chi connectivity index (χ2n) is 7.10. The topological polar surface area (TPSA) is 75.7 Å². The Bertz CT molecular complexity index is 1170. The van der Waals surface area contributed by atoms with Crippen LogP contribution in [0, 0.1) is 0 Å². The first-order valence-electron chi connectivity index (χ1n) is 9.92. The third-order valence-electron chi connectivity index (χ3n) is 4.81. The molecule has 1 amide bonds. The average molecular weight is 435 g/mol. The quantitative estimate of drug-likeness (QED) is 0.572. The molecule has 1 N–H and O–H groups in total. The normalized spacial score (nSPS) is 15.2. The van der Waals surface area contributed by atoms with E-state index in [1.807, 2.05) is 30.3 Å². The summed E-state index contributed by atoms with van der Waals surface area (Å²) in [5.74, 6) is 1.35. The first-order valence-corrected chi connectivity index (χ1v) is 11.5. The molecule has 0 unspecified atom stereocenters. The van der Waals surface area contributed by atoms with E-state index in [0.717, 1.165) is 11.3 Å². The van der Waals surface area contributed by atoms with Crippen molar-refractivity contribution in [3.05, 3.63) is 90.5 Å². The van der Waals surface area contributed by atoms with E-state index in [0.29, 0.717) is 30.1 Å². The molecule has 0 aliphatic carbocycles. The minimum atomic E-state index is -3.19. The van der Waals surface area contributed by atoms with Crippen LogP contribution in [0.4, 0.5) is 11.4 Å². The summed E-state index contributed by atoms with van der Waals surface area (Å²) >= 11 is 0. The van der Waals surface area contributed by atoms with Crippen molar-refractivity contribution in [3.8, 4) is 11.5 Å². The summed E-state index contributed by atoms with van der Waals surface area (Å²) in [7, 11) is -3.19. The van der Waals surface area contributed by atoms with Gasteiger partial charge in [-0.05, 0) is 66.6 Å². The molecule has 0 atom stereocenters. The molecule has 1 heterocycles. The van der Waals surface area contributed by atoms with Gasteiger partial charge < -0.3 is 10.1 Å². The zero-order chi connectivity index (χ0) is 21.7. The van der Waals surface area contributed by atoms with Crippen molar-refractivity contribution < 1.29 is 17.9 Å². The number of ether oxygens (including phenoxy) is 1. The summed E-state index contributed by atoms with van der Waals surface area (Å²) in [6.45, 7) is 0.509. The molecule has 1 aliphatic heterocycles. The van der Waals surface area contributed by atoms with Crippen LogP contribution in [0.25, 0.3) is 6.08 Å². The fourth-order valence-electron chi connectivity index (χ4n) is 3.27. The van der Waals surface area contributed by atoms with Crippen LogP contribution in [0.2, 0.25) is 0 Å². The van der Waals surface area contributed by atoms with Gasteiger partial charge in [0.15, 0.2) is 0 Å². The molecule has 31 heavy (non-hydrogen) atoms. The minimum Gasteiger partial charge on any atom is -0.457 e. The SMILES string of the molecule is O=C(/C=C/c1ccc(N2CCCS2(=O)=O)cc1)Nc1ccc(Oc2ccccc2)cc1. The first kappa shape index (κ1) is 20.7. The van der Waals surface area contributed by atoms with E-state index >= 15 is 0 Å². The Hall–Kier alpha value is -3.58. The van der Waals surface area contributed by atoms with Gasteiger partial charge in [-0.25, -0.2) is 8.42 Å². The van der Waals surface area contributed by atoms with Gasteiger partial charge in [0.25, 0.3) is 0 Å². The van der Waals surface area contributed by atoms with Gasteiger partial charge >= 0.3 is 0 Å². The third-order valence-corrected chi connectivity index (χ3v) is 6.68. The molecule has 3 aromatic carbocycles. The van der Waals surface area contributed by atoms with E-state index in [4.69, 9.17) is 4.74 Å². The van der Waals surface area contributed by atoms with Gasteiger partial charge in [0.2, 0.25) is 15.9 Å². The molecule has 0 bridgehead atoms. The van der Waals surface area contributed by atoms with Crippen LogP contribution in [0.3, 0.4) is 0 Å². The number of sulfonamides is 1. The summed E-state index contributed by atoms with van der Waals surface area (Å²) in [6, 6.07) is 23.7. The number of anilines is 2. The van der Waals surface area contributed by atoms with Crippen LogP contribution < -0.4 is 14.4 Å². The van der Waals surface area contributed by atoms with Gasteiger partial charge in [-0.2, -0.15) is 0 Å². The Labute approximate surface area is 181 Å². The molecule has 7 heteroatoms. The van der Waals surface area contributed by atoms with E-state index in [9.17, 15) is 13.2 Å². The van der Waals surface area contributed by atoms with E-state index in [1.54, 1.807) is 54.6 Å². The Morgan fingerprint density at radius 2 is 1.58 bits per heavy atom. The highest BCUT2D eigenvalue weighted by Gasteiger charge is 2.28. The van der Waals surface area contributed by atoms with Crippen LogP contribution in [-0.2, 0) is 14.8 Å². The van der Waals surface area contributed by atoms with Crippen molar-refractivity contribution in [1.82, 2.24) is 0 Å². The summed E-state index contributed by atoms with van der Waals surface area (Å²) < 4.78 is 31.2. The van der Waals surface area contributed by atoms with Crippen LogP contribution in [0.5, 0.6) is 11.5 Å². The zero-order valence-corrected chi connectivity index (χ0v) is 17.6. The van der Waals surface area contributed by atoms with Crippen molar-refractivity contribution in [3.63, 3.8) is 0 Å². The highest BCUT2D eigenvalue weighted by molar-refractivity contribution is 7.93. The van der Waals surface area contributed by atoms with Crippen molar-refractivity contribution in [2.45, 2.75) is 6.42 Å². The number of rotatable bonds is 6. The number of benzene rings is 3. The molecule has 6 nitrogen and oxygen atoms in total. The van der Waals surface area contributed by atoms with Crippen molar-refractivity contribution in [2.75, 3.05) is 21.9 Å². The molecule has 4 rings (SSSR count). The number of para-hydroxylation sites is 1. The highest BCUT2D eigenvalue weighted by atomic mass is 32.2. The number of carbonyl (C=O) groups excluding carboxylic acids is 1. The lowest BCUT2D eigenvalue weighted by Crippen LogP contribution is -2.24. The number of hydrogen-bond acceptors (Lipinski definition) is 4. The second kappa shape index (κ2) is 9.06. The predicted molar refractivity (Wildman–Crippen MR) is 123 cm³/mol. The number of nitrogens with zero attached hydrogens (tertiary/aromatic N) is 1. The Morgan fingerprint density at radius 3 is 2.23 bits per heavy atom. The van der Waals surface area contributed by atoms with Crippen LogP contribution in [0.1, 0.15) is 12.0 Å². The average Bonchev–Trinajstić information content (AvgIpc) is 3.14.